The Morgan fingerprint density at radius 2 is 1.69 bits per heavy atom. The van der Waals surface area contributed by atoms with Gasteiger partial charge in [-0.1, -0.05) is 18.2 Å². The molecule has 2 aromatic carbocycles. The zero-order valence-corrected chi connectivity index (χ0v) is 10.3. The highest BCUT2D eigenvalue weighted by molar-refractivity contribution is 7.98. The summed E-state index contributed by atoms with van der Waals surface area (Å²) in [6.45, 7) is 2.09. The van der Waals surface area contributed by atoms with Crippen LogP contribution in [0.4, 0.5) is 5.69 Å². The van der Waals surface area contributed by atoms with Crippen molar-refractivity contribution in [1.29, 1.82) is 0 Å². The summed E-state index contributed by atoms with van der Waals surface area (Å²) in [4.78, 5) is 1.29. The highest BCUT2D eigenvalue weighted by atomic mass is 32.2. The Balaban J connectivity index is 2.42. The maximum atomic E-state index is 5.75. The number of thioether (sulfide) groups is 1. The predicted molar refractivity (Wildman–Crippen MR) is 72.8 cm³/mol. The van der Waals surface area contributed by atoms with Crippen molar-refractivity contribution in [2.75, 3.05) is 12.0 Å². The molecule has 0 fully saturated rings. The van der Waals surface area contributed by atoms with E-state index in [1.807, 2.05) is 12.1 Å². The van der Waals surface area contributed by atoms with E-state index in [2.05, 4.69) is 43.5 Å². The van der Waals surface area contributed by atoms with Gasteiger partial charge in [-0.25, -0.2) is 0 Å². The summed E-state index contributed by atoms with van der Waals surface area (Å²) in [7, 11) is 0. The number of anilines is 1. The second-order valence-corrected chi connectivity index (χ2v) is 4.68. The lowest BCUT2D eigenvalue weighted by Crippen LogP contribution is -1.88. The molecule has 0 atom stereocenters. The highest BCUT2D eigenvalue weighted by Gasteiger charge is 2.01. The second-order valence-electron chi connectivity index (χ2n) is 3.80. The number of nitrogens with two attached hydrogens (primary N) is 1. The van der Waals surface area contributed by atoms with Crippen LogP contribution in [0.3, 0.4) is 0 Å². The third kappa shape index (κ3) is 2.22. The maximum absolute atomic E-state index is 5.75. The van der Waals surface area contributed by atoms with Crippen molar-refractivity contribution in [3.63, 3.8) is 0 Å². The molecule has 82 valence electrons. The van der Waals surface area contributed by atoms with E-state index < -0.39 is 0 Å². The van der Waals surface area contributed by atoms with Crippen LogP contribution in [0.5, 0.6) is 0 Å². The Morgan fingerprint density at radius 3 is 2.25 bits per heavy atom. The Morgan fingerprint density at radius 1 is 1.00 bits per heavy atom. The first-order valence-electron chi connectivity index (χ1n) is 5.21. The van der Waals surface area contributed by atoms with Gasteiger partial charge in [0.15, 0.2) is 0 Å². The van der Waals surface area contributed by atoms with Gasteiger partial charge in [0.05, 0.1) is 0 Å². The van der Waals surface area contributed by atoms with Crippen LogP contribution in [0.25, 0.3) is 11.1 Å². The minimum atomic E-state index is 0.821. The molecular weight excluding hydrogens is 214 g/mol. The van der Waals surface area contributed by atoms with Gasteiger partial charge >= 0.3 is 0 Å². The number of hydrogen-bond acceptors (Lipinski definition) is 2. The molecule has 0 unspecified atom stereocenters. The molecule has 2 heteroatoms. The molecule has 0 aromatic heterocycles. The van der Waals surface area contributed by atoms with Gasteiger partial charge in [-0.3, -0.25) is 0 Å². The standard InChI is InChI=1S/C14H15NS/c1-10-9-12(15)5-8-14(10)11-3-6-13(16-2)7-4-11/h3-9H,15H2,1-2H3. The van der Waals surface area contributed by atoms with Crippen LogP contribution in [-0.2, 0) is 0 Å². The summed E-state index contributed by atoms with van der Waals surface area (Å²) < 4.78 is 0. The fraction of sp³-hybridized carbons (Fsp3) is 0.143. The Bertz CT molecular complexity index is 489. The molecule has 0 radical (unpaired) electrons. The third-order valence-electron chi connectivity index (χ3n) is 2.65. The van der Waals surface area contributed by atoms with Crippen molar-refractivity contribution in [2.45, 2.75) is 11.8 Å². The lowest BCUT2D eigenvalue weighted by atomic mass is 10.0. The molecule has 0 aliphatic carbocycles. The minimum absolute atomic E-state index is 0.821. The predicted octanol–water partition coefficient (Wildman–Crippen LogP) is 3.97. The fourth-order valence-electron chi connectivity index (χ4n) is 1.78. The van der Waals surface area contributed by atoms with Crippen molar-refractivity contribution >= 4 is 17.4 Å². The summed E-state index contributed by atoms with van der Waals surface area (Å²) in [5.74, 6) is 0. The van der Waals surface area contributed by atoms with Gasteiger partial charge in [0.2, 0.25) is 0 Å². The van der Waals surface area contributed by atoms with Crippen LogP contribution in [0, 0.1) is 6.92 Å². The van der Waals surface area contributed by atoms with Crippen LogP contribution < -0.4 is 5.73 Å². The van der Waals surface area contributed by atoms with E-state index in [9.17, 15) is 0 Å². The van der Waals surface area contributed by atoms with E-state index in [0.29, 0.717) is 0 Å². The van der Waals surface area contributed by atoms with E-state index >= 15 is 0 Å². The van der Waals surface area contributed by atoms with Crippen molar-refractivity contribution in [1.82, 2.24) is 0 Å². The summed E-state index contributed by atoms with van der Waals surface area (Å²) in [5.41, 5.74) is 10.3. The lowest BCUT2D eigenvalue weighted by Gasteiger charge is -2.07. The summed E-state index contributed by atoms with van der Waals surface area (Å²) in [6.07, 6.45) is 2.09. The largest absolute Gasteiger partial charge is 0.399 e. The molecule has 0 aliphatic heterocycles. The summed E-state index contributed by atoms with van der Waals surface area (Å²) in [5, 5.41) is 0. The highest BCUT2D eigenvalue weighted by Crippen LogP contribution is 2.26. The summed E-state index contributed by atoms with van der Waals surface area (Å²) in [6, 6.07) is 14.7. The Labute approximate surface area is 101 Å². The average Bonchev–Trinajstić information content (AvgIpc) is 2.29. The van der Waals surface area contributed by atoms with Crippen LogP contribution in [0.15, 0.2) is 47.4 Å². The molecule has 0 saturated carbocycles. The zero-order chi connectivity index (χ0) is 11.5. The van der Waals surface area contributed by atoms with Crippen LogP contribution in [0.2, 0.25) is 0 Å². The number of aryl methyl sites for hydroxylation is 1. The van der Waals surface area contributed by atoms with E-state index in [1.165, 1.54) is 21.6 Å². The van der Waals surface area contributed by atoms with Crippen LogP contribution >= 0.6 is 11.8 Å². The normalized spacial score (nSPS) is 10.4. The van der Waals surface area contributed by atoms with Gasteiger partial charge in [-0.2, -0.15) is 0 Å². The number of hydrogen-bond donors (Lipinski definition) is 1. The Hall–Kier alpha value is -1.41. The van der Waals surface area contributed by atoms with Gasteiger partial charge in [0, 0.05) is 10.6 Å². The average molecular weight is 229 g/mol. The van der Waals surface area contributed by atoms with Gasteiger partial charge in [-0.15, -0.1) is 11.8 Å². The fourth-order valence-corrected chi connectivity index (χ4v) is 2.19. The molecule has 0 bridgehead atoms. The SMILES string of the molecule is CSc1ccc(-c2ccc(N)cc2C)cc1. The third-order valence-corrected chi connectivity index (χ3v) is 3.40. The monoisotopic (exact) mass is 229 g/mol. The molecule has 0 saturated heterocycles. The van der Waals surface area contributed by atoms with E-state index in [4.69, 9.17) is 5.73 Å². The van der Waals surface area contributed by atoms with Crippen molar-refractivity contribution in [3.8, 4) is 11.1 Å². The molecule has 0 heterocycles. The molecule has 1 nitrogen and oxygen atoms in total. The first kappa shape index (κ1) is 11.1. The lowest BCUT2D eigenvalue weighted by molar-refractivity contribution is 1.42. The maximum Gasteiger partial charge on any atom is 0.0317 e. The molecule has 2 N–H and O–H groups in total. The topological polar surface area (TPSA) is 26.0 Å². The number of nitrogen functional groups attached to an aromatic ring is 1. The van der Waals surface area contributed by atoms with Crippen molar-refractivity contribution in [2.24, 2.45) is 0 Å². The van der Waals surface area contributed by atoms with E-state index in [0.717, 1.165) is 5.69 Å². The van der Waals surface area contributed by atoms with Crippen LogP contribution in [0.1, 0.15) is 5.56 Å². The van der Waals surface area contributed by atoms with Gasteiger partial charge in [-0.05, 0) is 54.1 Å². The molecule has 2 rings (SSSR count). The molecule has 0 spiro atoms. The number of rotatable bonds is 2. The van der Waals surface area contributed by atoms with Crippen molar-refractivity contribution < 1.29 is 0 Å². The van der Waals surface area contributed by atoms with Gasteiger partial charge in [0.25, 0.3) is 0 Å². The molecule has 2 aromatic rings. The Kier molecular flexibility index (Phi) is 3.20. The van der Waals surface area contributed by atoms with Gasteiger partial charge < -0.3 is 5.73 Å². The second kappa shape index (κ2) is 4.62. The van der Waals surface area contributed by atoms with Gasteiger partial charge in [0.1, 0.15) is 0 Å². The quantitative estimate of drug-likeness (QED) is 0.623. The smallest absolute Gasteiger partial charge is 0.0317 e. The first-order chi connectivity index (χ1) is 7.70. The molecule has 16 heavy (non-hydrogen) atoms. The number of benzene rings is 2. The first-order valence-corrected chi connectivity index (χ1v) is 6.44. The minimum Gasteiger partial charge on any atom is -0.399 e. The summed E-state index contributed by atoms with van der Waals surface area (Å²) >= 11 is 1.76. The molecular formula is C14H15NS. The van der Waals surface area contributed by atoms with Crippen molar-refractivity contribution in [3.05, 3.63) is 48.0 Å². The molecule has 0 aliphatic rings. The zero-order valence-electron chi connectivity index (χ0n) is 9.53. The van der Waals surface area contributed by atoms with E-state index in [-0.39, 0.29) is 0 Å². The van der Waals surface area contributed by atoms with Crippen LogP contribution in [-0.4, -0.2) is 6.26 Å². The van der Waals surface area contributed by atoms with E-state index in [1.54, 1.807) is 11.8 Å². The molecule has 0 amide bonds.